The summed E-state index contributed by atoms with van der Waals surface area (Å²) in [6.07, 6.45) is -5.98. The number of rotatable bonds is 4. The van der Waals surface area contributed by atoms with Crippen LogP contribution < -0.4 is 4.74 Å². The molecule has 1 saturated heterocycles. The van der Waals surface area contributed by atoms with E-state index < -0.39 is 30.4 Å². The van der Waals surface area contributed by atoms with E-state index in [0.29, 0.717) is 22.7 Å². The van der Waals surface area contributed by atoms with E-state index in [1.807, 2.05) is 0 Å². The highest BCUT2D eigenvalue weighted by molar-refractivity contribution is 8.14. The van der Waals surface area contributed by atoms with E-state index in [4.69, 9.17) is 0 Å². The van der Waals surface area contributed by atoms with Crippen LogP contribution in [0.1, 0.15) is 11.1 Å². The molecule has 1 aromatic carbocycles. The van der Waals surface area contributed by atoms with Crippen molar-refractivity contribution in [3.63, 3.8) is 0 Å². The van der Waals surface area contributed by atoms with Gasteiger partial charge in [-0.1, -0.05) is 17.8 Å². The van der Waals surface area contributed by atoms with E-state index >= 15 is 0 Å². The van der Waals surface area contributed by atoms with Gasteiger partial charge in [0.15, 0.2) is 17.5 Å². The second-order valence-corrected chi connectivity index (χ2v) is 7.66. The van der Waals surface area contributed by atoms with Crippen LogP contribution in [0.5, 0.6) is 5.75 Å². The molecule has 0 amide bonds. The zero-order chi connectivity index (χ0) is 21.1. The van der Waals surface area contributed by atoms with Gasteiger partial charge in [-0.2, -0.15) is 30.7 Å². The van der Waals surface area contributed by atoms with Gasteiger partial charge >= 0.3 is 18.0 Å². The van der Waals surface area contributed by atoms with Crippen LogP contribution in [0.3, 0.4) is 0 Å². The molecule has 29 heavy (non-hydrogen) atoms. The number of halogens is 8. The van der Waals surface area contributed by atoms with E-state index in [1.54, 1.807) is 7.05 Å². The Morgan fingerprint density at radius 3 is 2.41 bits per heavy atom. The first kappa shape index (κ1) is 23.9. The van der Waals surface area contributed by atoms with Crippen molar-refractivity contribution in [3.05, 3.63) is 29.3 Å². The number of amidine groups is 1. The van der Waals surface area contributed by atoms with Crippen LogP contribution in [0.25, 0.3) is 0 Å². The Labute approximate surface area is 171 Å². The van der Waals surface area contributed by atoms with Gasteiger partial charge in [-0.3, -0.25) is 4.99 Å². The highest BCUT2D eigenvalue weighted by atomic mass is 35.5. The van der Waals surface area contributed by atoms with Crippen LogP contribution in [-0.4, -0.2) is 59.1 Å². The minimum Gasteiger partial charge on any atom is -0.487 e. The number of hydrogen-bond donors (Lipinski definition) is 1. The minimum atomic E-state index is -6.42. The molecule has 0 bridgehead atoms. The van der Waals surface area contributed by atoms with Gasteiger partial charge in [-0.15, -0.1) is 12.4 Å². The third-order valence-electron chi connectivity index (χ3n) is 4.80. The summed E-state index contributed by atoms with van der Waals surface area (Å²) in [5.41, 5.74) is -0.539. The molecule has 164 valence electrons. The first-order valence-electron chi connectivity index (χ1n) is 7.94. The predicted molar refractivity (Wildman–Crippen MR) is 95.2 cm³/mol. The van der Waals surface area contributed by atoms with E-state index in [2.05, 4.69) is 9.73 Å². The van der Waals surface area contributed by atoms with Crippen molar-refractivity contribution in [3.8, 4) is 5.75 Å². The lowest BCUT2D eigenvalue weighted by molar-refractivity contribution is -0.358. The topological polar surface area (TPSA) is 45.1 Å². The quantitative estimate of drug-likeness (QED) is 0.677. The highest BCUT2D eigenvalue weighted by Crippen LogP contribution is 2.52. The maximum atomic E-state index is 13.4. The fourth-order valence-electron chi connectivity index (χ4n) is 3.23. The number of hydrogen-bond acceptors (Lipinski definition) is 4. The zero-order valence-corrected chi connectivity index (χ0v) is 16.6. The van der Waals surface area contributed by atoms with Crippen molar-refractivity contribution in [2.75, 3.05) is 20.7 Å². The van der Waals surface area contributed by atoms with Crippen LogP contribution in [0.15, 0.2) is 23.2 Å². The standard InChI is InChI=1S/C16H15F7N2O2S.ClH/c1-24-12-25(2)14(26)10-6-9(4-3-8(10)5-11(14)28-12)27-7-13(17,18)15(19,20)16(21,22)23;/h3-4,6,11,26H,5,7H2,1-2H3;1H. The molecule has 2 atom stereocenters. The maximum absolute atomic E-state index is 13.4. The van der Waals surface area contributed by atoms with Crippen LogP contribution in [-0.2, 0) is 12.1 Å². The van der Waals surface area contributed by atoms with Crippen LogP contribution in [0.4, 0.5) is 30.7 Å². The van der Waals surface area contributed by atoms with Gasteiger partial charge in [-0.05, 0) is 24.1 Å². The monoisotopic (exact) mass is 468 g/mol. The van der Waals surface area contributed by atoms with Gasteiger partial charge in [-0.25, -0.2) is 0 Å². The zero-order valence-electron chi connectivity index (χ0n) is 14.9. The second-order valence-electron chi connectivity index (χ2n) is 6.49. The molecule has 3 rings (SSSR count). The van der Waals surface area contributed by atoms with Crippen LogP contribution >= 0.6 is 24.2 Å². The number of aliphatic imine (C=N–C) groups is 1. The fourth-order valence-corrected chi connectivity index (χ4v) is 4.60. The van der Waals surface area contributed by atoms with Crippen molar-refractivity contribution in [1.29, 1.82) is 0 Å². The molecule has 1 aromatic rings. The highest BCUT2D eigenvalue weighted by Gasteiger charge is 2.73. The normalized spacial score (nSPS) is 25.7. The van der Waals surface area contributed by atoms with E-state index in [-0.39, 0.29) is 23.4 Å². The average molecular weight is 469 g/mol. The summed E-state index contributed by atoms with van der Waals surface area (Å²) >= 11 is 1.32. The van der Waals surface area contributed by atoms with Gasteiger partial charge in [0.05, 0.1) is 5.25 Å². The summed E-state index contributed by atoms with van der Waals surface area (Å²) in [6.45, 7) is -2.17. The summed E-state index contributed by atoms with van der Waals surface area (Å²) in [5.74, 6) is -12.1. The third kappa shape index (κ3) is 3.52. The Balaban J connectivity index is 0.00000300. The van der Waals surface area contributed by atoms with Crippen LogP contribution in [0, 0.1) is 0 Å². The smallest absolute Gasteiger partial charge is 0.460 e. The largest absolute Gasteiger partial charge is 0.487 e. The Bertz CT molecular complexity index is 821. The van der Waals surface area contributed by atoms with E-state index in [9.17, 15) is 35.8 Å². The third-order valence-corrected chi connectivity index (χ3v) is 6.25. The molecule has 0 spiro atoms. The lowest BCUT2D eigenvalue weighted by Crippen LogP contribution is -2.54. The molecule has 1 aliphatic heterocycles. The Kier molecular flexibility index (Phi) is 6.08. The maximum Gasteiger partial charge on any atom is 0.460 e. The van der Waals surface area contributed by atoms with E-state index in [1.165, 1.54) is 41.9 Å². The molecule has 1 aliphatic carbocycles. The molecule has 1 fully saturated rings. The van der Waals surface area contributed by atoms with Crippen molar-refractivity contribution >= 4 is 29.3 Å². The molecular formula is C16H16ClF7N2O2S. The molecule has 1 N–H and O–H groups in total. The predicted octanol–water partition coefficient (Wildman–Crippen LogP) is 4.05. The summed E-state index contributed by atoms with van der Waals surface area (Å²) in [5, 5.41) is 11.3. The molecule has 4 nitrogen and oxygen atoms in total. The summed E-state index contributed by atoms with van der Waals surface area (Å²) < 4.78 is 94.0. The number of thioether (sulfide) groups is 1. The molecule has 13 heteroatoms. The lowest BCUT2D eigenvalue weighted by atomic mass is 10.0. The van der Waals surface area contributed by atoms with Gasteiger partial charge < -0.3 is 14.7 Å². The molecule has 2 aliphatic rings. The molecule has 0 aromatic heterocycles. The molecule has 0 radical (unpaired) electrons. The first-order chi connectivity index (χ1) is 12.8. The second kappa shape index (κ2) is 7.38. The molecule has 2 unspecified atom stereocenters. The fraction of sp³-hybridized carbons (Fsp3) is 0.562. The Hall–Kier alpha value is -1.40. The Morgan fingerprint density at radius 2 is 1.86 bits per heavy atom. The minimum absolute atomic E-state index is 0. The summed E-state index contributed by atoms with van der Waals surface area (Å²) in [7, 11) is 3.11. The average Bonchev–Trinajstić information content (AvgIpc) is 3.01. The summed E-state index contributed by atoms with van der Waals surface area (Å²) in [4.78, 5) is 5.53. The van der Waals surface area contributed by atoms with Crippen molar-refractivity contribution in [2.45, 2.75) is 35.4 Å². The van der Waals surface area contributed by atoms with E-state index in [0.717, 1.165) is 0 Å². The van der Waals surface area contributed by atoms with Crippen LogP contribution in [0.2, 0.25) is 0 Å². The number of fused-ring (bicyclic) bond motifs is 3. The van der Waals surface area contributed by atoms with Gasteiger partial charge in [0.25, 0.3) is 0 Å². The Morgan fingerprint density at radius 1 is 1.24 bits per heavy atom. The number of ether oxygens (including phenoxy) is 1. The van der Waals surface area contributed by atoms with Gasteiger partial charge in [0.2, 0.25) is 0 Å². The van der Waals surface area contributed by atoms with Crippen molar-refractivity contribution < 1.29 is 40.6 Å². The number of benzene rings is 1. The first-order valence-corrected chi connectivity index (χ1v) is 8.82. The number of alkyl halides is 7. The van der Waals surface area contributed by atoms with Gasteiger partial charge in [0.1, 0.15) is 5.75 Å². The SMILES string of the molecule is CN=C1SC2Cc3ccc(OCC(F)(F)C(F)(F)C(F)(F)F)cc3C2(O)N1C.Cl. The van der Waals surface area contributed by atoms with Crippen molar-refractivity contribution in [1.82, 2.24) is 4.90 Å². The lowest BCUT2D eigenvalue weighted by Gasteiger charge is -2.32. The number of nitrogens with zero attached hydrogens (tertiary/aromatic N) is 2. The molecule has 0 saturated carbocycles. The molecule has 1 heterocycles. The summed E-state index contributed by atoms with van der Waals surface area (Å²) in [6, 6.07) is 3.81. The van der Waals surface area contributed by atoms with Gasteiger partial charge in [0, 0.05) is 19.7 Å². The van der Waals surface area contributed by atoms with Crippen molar-refractivity contribution in [2.24, 2.45) is 4.99 Å². The number of aliphatic hydroxyl groups is 1. The molecular weight excluding hydrogens is 453 g/mol.